The summed E-state index contributed by atoms with van der Waals surface area (Å²) in [5.41, 5.74) is -0.124. The van der Waals surface area contributed by atoms with E-state index in [4.69, 9.17) is 9.63 Å². The SMILES string of the molecule is CCC1(c2nc(CCO)no2)CCCN1. The Morgan fingerprint density at radius 1 is 1.60 bits per heavy atom. The van der Waals surface area contributed by atoms with Crippen LogP contribution in [0.25, 0.3) is 0 Å². The van der Waals surface area contributed by atoms with Crippen molar-refractivity contribution in [2.75, 3.05) is 13.2 Å². The lowest BCUT2D eigenvalue weighted by Gasteiger charge is -2.22. The maximum Gasteiger partial charge on any atom is 0.246 e. The van der Waals surface area contributed by atoms with E-state index in [0.29, 0.717) is 18.1 Å². The summed E-state index contributed by atoms with van der Waals surface area (Å²) in [5, 5.41) is 16.1. The van der Waals surface area contributed by atoms with E-state index in [1.165, 1.54) is 0 Å². The van der Waals surface area contributed by atoms with Crippen LogP contribution in [-0.2, 0) is 12.0 Å². The molecular weight excluding hydrogens is 194 g/mol. The van der Waals surface area contributed by atoms with Gasteiger partial charge >= 0.3 is 0 Å². The predicted octanol–water partition coefficient (Wildman–Crippen LogP) is 0.593. The maximum atomic E-state index is 8.78. The summed E-state index contributed by atoms with van der Waals surface area (Å²) in [4.78, 5) is 4.32. The summed E-state index contributed by atoms with van der Waals surface area (Å²) in [5.74, 6) is 1.26. The average molecular weight is 211 g/mol. The van der Waals surface area contributed by atoms with Gasteiger partial charge in [-0.15, -0.1) is 0 Å². The van der Waals surface area contributed by atoms with E-state index >= 15 is 0 Å². The molecule has 0 saturated carbocycles. The minimum atomic E-state index is -0.124. The van der Waals surface area contributed by atoms with E-state index in [1.807, 2.05) is 0 Å². The molecule has 2 rings (SSSR count). The molecule has 15 heavy (non-hydrogen) atoms. The molecule has 0 bridgehead atoms. The molecule has 0 radical (unpaired) electrons. The van der Waals surface area contributed by atoms with Crippen molar-refractivity contribution in [2.45, 2.75) is 38.1 Å². The molecule has 1 aliphatic heterocycles. The monoisotopic (exact) mass is 211 g/mol. The summed E-state index contributed by atoms with van der Waals surface area (Å²) in [7, 11) is 0. The second-order valence-corrected chi connectivity index (χ2v) is 3.96. The molecule has 1 atom stereocenters. The van der Waals surface area contributed by atoms with Gasteiger partial charge in [0.1, 0.15) is 0 Å². The second kappa shape index (κ2) is 4.28. The Balaban J connectivity index is 2.19. The van der Waals surface area contributed by atoms with Crippen molar-refractivity contribution < 1.29 is 9.63 Å². The fraction of sp³-hybridized carbons (Fsp3) is 0.800. The standard InChI is InChI=1S/C10H17N3O2/c1-2-10(5-3-6-11-10)9-12-8(4-7-14)13-15-9/h11,14H,2-7H2,1H3. The average Bonchev–Trinajstić information content (AvgIpc) is 2.86. The number of aliphatic hydroxyl groups is 1. The van der Waals surface area contributed by atoms with Crippen LogP contribution in [0.3, 0.4) is 0 Å². The van der Waals surface area contributed by atoms with Crippen LogP contribution >= 0.6 is 0 Å². The third-order valence-corrected chi connectivity index (χ3v) is 3.06. The molecule has 1 aliphatic rings. The maximum absolute atomic E-state index is 8.78. The zero-order chi connectivity index (χ0) is 10.7. The molecule has 84 valence electrons. The van der Waals surface area contributed by atoms with Gasteiger partial charge in [0.25, 0.3) is 0 Å². The topological polar surface area (TPSA) is 71.2 Å². The normalized spacial score (nSPS) is 26.0. The van der Waals surface area contributed by atoms with Crippen LogP contribution in [0, 0.1) is 0 Å². The molecule has 5 heteroatoms. The van der Waals surface area contributed by atoms with Crippen molar-refractivity contribution in [3.05, 3.63) is 11.7 Å². The zero-order valence-corrected chi connectivity index (χ0v) is 8.99. The summed E-state index contributed by atoms with van der Waals surface area (Å²) in [6.45, 7) is 3.19. The highest BCUT2D eigenvalue weighted by atomic mass is 16.5. The molecule has 0 amide bonds. The highest BCUT2D eigenvalue weighted by Gasteiger charge is 2.38. The number of rotatable bonds is 4. The molecule has 1 aromatic rings. The zero-order valence-electron chi connectivity index (χ0n) is 8.99. The van der Waals surface area contributed by atoms with E-state index in [1.54, 1.807) is 0 Å². The van der Waals surface area contributed by atoms with Crippen LogP contribution in [0.1, 0.15) is 37.9 Å². The first-order valence-corrected chi connectivity index (χ1v) is 5.50. The number of hydrogen-bond donors (Lipinski definition) is 2. The lowest BCUT2D eigenvalue weighted by Crippen LogP contribution is -2.36. The molecule has 1 fully saturated rings. The molecule has 2 heterocycles. The fourth-order valence-corrected chi connectivity index (χ4v) is 2.09. The van der Waals surface area contributed by atoms with E-state index in [-0.39, 0.29) is 12.1 Å². The summed E-state index contributed by atoms with van der Waals surface area (Å²) in [6, 6.07) is 0. The molecular formula is C10H17N3O2. The largest absolute Gasteiger partial charge is 0.396 e. The highest BCUT2D eigenvalue weighted by Crippen LogP contribution is 2.32. The number of hydrogen-bond acceptors (Lipinski definition) is 5. The third kappa shape index (κ3) is 1.89. The Hall–Kier alpha value is -0.940. The summed E-state index contributed by atoms with van der Waals surface area (Å²) < 4.78 is 5.26. The molecule has 0 spiro atoms. The smallest absolute Gasteiger partial charge is 0.246 e. The van der Waals surface area contributed by atoms with Gasteiger partial charge in [-0.05, 0) is 25.8 Å². The van der Waals surface area contributed by atoms with Gasteiger partial charge in [0.15, 0.2) is 5.82 Å². The van der Waals surface area contributed by atoms with Gasteiger partial charge in [-0.25, -0.2) is 0 Å². The Morgan fingerprint density at radius 2 is 2.47 bits per heavy atom. The van der Waals surface area contributed by atoms with Crippen molar-refractivity contribution >= 4 is 0 Å². The van der Waals surface area contributed by atoms with Gasteiger partial charge in [-0.3, -0.25) is 0 Å². The van der Waals surface area contributed by atoms with Gasteiger partial charge in [0, 0.05) is 6.42 Å². The van der Waals surface area contributed by atoms with Crippen molar-refractivity contribution in [3.8, 4) is 0 Å². The molecule has 0 aliphatic carbocycles. The first-order valence-electron chi connectivity index (χ1n) is 5.50. The third-order valence-electron chi connectivity index (χ3n) is 3.06. The van der Waals surface area contributed by atoms with Gasteiger partial charge in [-0.2, -0.15) is 4.98 Å². The van der Waals surface area contributed by atoms with E-state index in [2.05, 4.69) is 22.4 Å². The van der Waals surface area contributed by atoms with Crippen LogP contribution in [0.2, 0.25) is 0 Å². The Bertz CT molecular complexity index is 318. The minimum absolute atomic E-state index is 0.0610. The molecule has 1 unspecified atom stereocenters. The molecule has 1 aromatic heterocycles. The number of aliphatic hydroxyl groups excluding tert-OH is 1. The van der Waals surface area contributed by atoms with E-state index in [0.717, 1.165) is 25.8 Å². The van der Waals surface area contributed by atoms with Gasteiger partial charge in [0.05, 0.1) is 12.1 Å². The van der Waals surface area contributed by atoms with E-state index in [9.17, 15) is 0 Å². The lowest BCUT2D eigenvalue weighted by molar-refractivity contribution is 0.248. The van der Waals surface area contributed by atoms with Crippen LogP contribution in [0.4, 0.5) is 0 Å². The Morgan fingerprint density at radius 3 is 3.07 bits per heavy atom. The van der Waals surface area contributed by atoms with Crippen LogP contribution in [-0.4, -0.2) is 28.4 Å². The fourth-order valence-electron chi connectivity index (χ4n) is 2.09. The number of nitrogens with one attached hydrogen (secondary N) is 1. The number of aromatic nitrogens is 2. The Kier molecular flexibility index (Phi) is 3.02. The van der Waals surface area contributed by atoms with Gasteiger partial charge in [-0.1, -0.05) is 12.1 Å². The summed E-state index contributed by atoms with van der Waals surface area (Å²) in [6.07, 6.45) is 3.60. The van der Waals surface area contributed by atoms with Crippen LogP contribution in [0.5, 0.6) is 0 Å². The Labute approximate surface area is 88.9 Å². The lowest BCUT2D eigenvalue weighted by atomic mass is 9.94. The van der Waals surface area contributed by atoms with Gasteiger partial charge < -0.3 is 14.9 Å². The first-order chi connectivity index (χ1) is 7.30. The van der Waals surface area contributed by atoms with Crippen molar-refractivity contribution in [3.63, 3.8) is 0 Å². The first kappa shape index (κ1) is 10.6. The van der Waals surface area contributed by atoms with Crippen LogP contribution in [0.15, 0.2) is 4.52 Å². The molecule has 0 aromatic carbocycles. The van der Waals surface area contributed by atoms with Crippen LogP contribution < -0.4 is 5.32 Å². The minimum Gasteiger partial charge on any atom is -0.396 e. The predicted molar refractivity (Wildman–Crippen MR) is 54.3 cm³/mol. The quantitative estimate of drug-likeness (QED) is 0.762. The van der Waals surface area contributed by atoms with Crippen molar-refractivity contribution in [1.29, 1.82) is 0 Å². The van der Waals surface area contributed by atoms with E-state index < -0.39 is 0 Å². The highest BCUT2D eigenvalue weighted by molar-refractivity contribution is 5.06. The second-order valence-electron chi connectivity index (χ2n) is 3.96. The van der Waals surface area contributed by atoms with Crippen molar-refractivity contribution in [2.24, 2.45) is 0 Å². The molecule has 1 saturated heterocycles. The van der Waals surface area contributed by atoms with Gasteiger partial charge in [0.2, 0.25) is 5.89 Å². The molecule has 2 N–H and O–H groups in total. The molecule has 5 nitrogen and oxygen atoms in total. The number of nitrogens with zero attached hydrogens (tertiary/aromatic N) is 2. The summed E-state index contributed by atoms with van der Waals surface area (Å²) >= 11 is 0. The van der Waals surface area contributed by atoms with Crippen molar-refractivity contribution in [1.82, 2.24) is 15.5 Å².